The zero-order valence-electron chi connectivity index (χ0n) is 16.2. The molecule has 0 atom stereocenters. The van der Waals surface area contributed by atoms with Crippen LogP contribution in [0.3, 0.4) is 0 Å². The fourth-order valence-corrected chi connectivity index (χ4v) is 3.79. The van der Waals surface area contributed by atoms with E-state index in [1.165, 1.54) is 16.1 Å². The number of benzene rings is 2. The molecular weight excluding hydrogens is 360 g/mol. The Balaban J connectivity index is 1.84. The maximum atomic E-state index is 12.2. The summed E-state index contributed by atoms with van der Waals surface area (Å²) in [5, 5.41) is 2.89. The van der Waals surface area contributed by atoms with E-state index in [0.29, 0.717) is 25.1 Å². The smallest absolute Gasteiger partial charge is 0.232 e. The molecule has 0 aromatic heterocycles. The molecule has 0 unspecified atom stereocenters. The van der Waals surface area contributed by atoms with Crippen molar-refractivity contribution in [3.63, 3.8) is 0 Å². The zero-order chi connectivity index (χ0) is 19.9. The molecule has 0 fully saturated rings. The highest BCUT2D eigenvalue weighted by Gasteiger charge is 2.18. The number of amides is 1. The van der Waals surface area contributed by atoms with E-state index in [4.69, 9.17) is 0 Å². The normalized spacial score (nSPS) is 11.2. The van der Waals surface area contributed by atoms with Gasteiger partial charge < -0.3 is 5.32 Å². The molecule has 0 radical (unpaired) electrons. The van der Waals surface area contributed by atoms with Gasteiger partial charge in [-0.05, 0) is 55.5 Å². The Morgan fingerprint density at radius 2 is 1.74 bits per heavy atom. The number of nitrogens with zero attached hydrogens (tertiary/aromatic N) is 1. The van der Waals surface area contributed by atoms with Crippen molar-refractivity contribution in [2.75, 3.05) is 23.7 Å². The summed E-state index contributed by atoms with van der Waals surface area (Å²) in [5.74, 6) is -0.0560. The number of sulfonamides is 1. The maximum absolute atomic E-state index is 12.2. The van der Waals surface area contributed by atoms with Crippen LogP contribution < -0.4 is 9.62 Å². The number of hydrogen-bond donors (Lipinski definition) is 1. The lowest BCUT2D eigenvalue weighted by Crippen LogP contribution is -2.32. The van der Waals surface area contributed by atoms with E-state index < -0.39 is 10.0 Å². The third-order valence-corrected chi connectivity index (χ3v) is 5.72. The predicted molar refractivity (Wildman–Crippen MR) is 110 cm³/mol. The molecule has 1 amide bonds. The Morgan fingerprint density at radius 1 is 1.04 bits per heavy atom. The van der Waals surface area contributed by atoms with Gasteiger partial charge >= 0.3 is 0 Å². The van der Waals surface area contributed by atoms with Crippen molar-refractivity contribution < 1.29 is 13.2 Å². The van der Waals surface area contributed by atoms with Crippen LogP contribution in [0.2, 0.25) is 0 Å². The van der Waals surface area contributed by atoms with E-state index >= 15 is 0 Å². The first kappa shape index (κ1) is 21.0. The summed E-state index contributed by atoms with van der Waals surface area (Å²) in [6, 6.07) is 15.6. The monoisotopic (exact) mass is 388 g/mol. The Kier molecular flexibility index (Phi) is 7.42. The van der Waals surface area contributed by atoms with Gasteiger partial charge in [-0.1, -0.05) is 36.4 Å². The second kappa shape index (κ2) is 9.55. The quantitative estimate of drug-likeness (QED) is 0.717. The number of nitrogens with one attached hydrogen (secondary N) is 1. The van der Waals surface area contributed by atoms with Crippen LogP contribution in [0.15, 0.2) is 48.5 Å². The van der Waals surface area contributed by atoms with E-state index in [1.807, 2.05) is 62.4 Å². The van der Waals surface area contributed by atoms with Crippen LogP contribution in [0.25, 0.3) is 0 Å². The molecule has 2 aromatic carbocycles. The number of anilines is 1. The molecule has 27 heavy (non-hydrogen) atoms. The summed E-state index contributed by atoms with van der Waals surface area (Å²) < 4.78 is 25.7. The fraction of sp³-hybridized carbons (Fsp3) is 0.381. The van der Waals surface area contributed by atoms with Crippen molar-refractivity contribution in [3.05, 3.63) is 65.2 Å². The molecule has 0 aliphatic heterocycles. The van der Waals surface area contributed by atoms with E-state index in [-0.39, 0.29) is 12.5 Å². The SMILES string of the molecule is Cc1ccc(N(CCCC(=O)NCCc2ccccc2)S(C)(=O)=O)cc1C. The van der Waals surface area contributed by atoms with E-state index in [0.717, 1.165) is 17.5 Å². The Labute approximate surface area is 162 Å². The summed E-state index contributed by atoms with van der Waals surface area (Å²) >= 11 is 0. The highest BCUT2D eigenvalue weighted by atomic mass is 32.2. The predicted octanol–water partition coefficient (Wildman–Crippen LogP) is 3.21. The van der Waals surface area contributed by atoms with Gasteiger partial charge in [0, 0.05) is 19.5 Å². The molecule has 2 aromatic rings. The minimum absolute atomic E-state index is 0.0560. The zero-order valence-corrected chi connectivity index (χ0v) is 17.1. The molecule has 146 valence electrons. The lowest BCUT2D eigenvalue weighted by atomic mass is 10.1. The summed E-state index contributed by atoms with van der Waals surface area (Å²) in [6.45, 7) is 4.81. The second-order valence-corrected chi connectivity index (χ2v) is 8.70. The van der Waals surface area contributed by atoms with Crippen LogP contribution in [-0.4, -0.2) is 33.7 Å². The van der Waals surface area contributed by atoms with Crippen LogP contribution in [-0.2, 0) is 21.2 Å². The third-order valence-electron chi connectivity index (χ3n) is 4.52. The van der Waals surface area contributed by atoms with Gasteiger partial charge in [-0.3, -0.25) is 9.10 Å². The first-order valence-electron chi connectivity index (χ1n) is 9.13. The molecule has 0 spiro atoms. The maximum Gasteiger partial charge on any atom is 0.232 e. The largest absolute Gasteiger partial charge is 0.356 e. The summed E-state index contributed by atoms with van der Waals surface area (Å²) in [5.41, 5.74) is 3.98. The number of hydrogen-bond acceptors (Lipinski definition) is 3. The lowest BCUT2D eigenvalue weighted by Gasteiger charge is -2.23. The molecule has 1 N–H and O–H groups in total. The van der Waals surface area contributed by atoms with Crippen molar-refractivity contribution in [1.29, 1.82) is 0 Å². The van der Waals surface area contributed by atoms with Gasteiger partial charge in [0.25, 0.3) is 0 Å². The minimum Gasteiger partial charge on any atom is -0.356 e. The molecule has 6 heteroatoms. The van der Waals surface area contributed by atoms with Crippen molar-refractivity contribution in [1.82, 2.24) is 5.32 Å². The first-order chi connectivity index (χ1) is 12.8. The molecule has 0 bridgehead atoms. The fourth-order valence-electron chi connectivity index (χ4n) is 2.83. The molecule has 0 saturated heterocycles. The van der Waals surface area contributed by atoms with Crippen molar-refractivity contribution in [2.45, 2.75) is 33.1 Å². The Hall–Kier alpha value is -2.34. The molecule has 2 rings (SSSR count). The number of carbonyl (C=O) groups is 1. The average molecular weight is 389 g/mol. The highest BCUT2D eigenvalue weighted by molar-refractivity contribution is 7.92. The first-order valence-corrected chi connectivity index (χ1v) is 11.0. The van der Waals surface area contributed by atoms with E-state index in [2.05, 4.69) is 5.32 Å². The van der Waals surface area contributed by atoms with Crippen LogP contribution >= 0.6 is 0 Å². The minimum atomic E-state index is -3.40. The summed E-state index contributed by atoms with van der Waals surface area (Å²) in [7, 11) is -3.40. The number of carbonyl (C=O) groups excluding carboxylic acids is 1. The second-order valence-electron chi connectivity index (χ2n) is 6.79. The van der Waals surface area contributed by atoms with E-state index in [1.54, 1.807) is 0 Å². The Morgan fingerprint density at radius 3 is 2.37 bits per heavy atom. The lowest BCUT2D eigenvalue weighted by molar-refractivity contribution is -0.121. The standard InChI is InChI=1S/C21H28N2O3S/c1-17-11-12-20(16-18(17)2)23(27(3,25)26)15-7-10-21(24)22-14-13-19-8-5-4-6-9-19/h4-6,8-9,11-12,16H,7,10,13-15H2,1-3H3,(H,22,24). The van der Waals surface area contributed by atoms with Crippen LogP contribution in [0.1, 0.15) is 29.5 Å². The van der Waals surface area contributed by atoms with Crippen molar-refractivity contribution >= 4 is 21.6 Å². The van der Waals surface area contributed by atoms with Gasteiger partial charge in [-0.2, -0.15) is 0 Å². The van der Waals surface area contributed by atoms with Crippen LogP contribution in [0, 0.1) is 13.8 Å². The van der Waals surface area contributed by atoms with Gasteiger partial charge in [0.05, 0.1) is 11.9 Å². The summed E-state index contributed by atoms with van der Waals surface area (Å²) in [4.78, 5) is 12.0. The molecular formula is C21H28N2O3S. The topological polar surface area (TPSA) is 66.5 Å². The average Bonchev–Trinajstić information content (AvgIpc) is 2.61. The molecule has 0 aliphatic rings. The van der Waals surface area contributed by atoms with Crippen LogP contribution in [0.4, 0.5) is 5.69 Å². The van der Waals surface area contributed by atoms with Gasteiger partial charge in [0.1, 0.15) is 0 Å². The summed E-state index contributed by atoms with van der Waals surface area (Å²) in [6.07, 6.45) is 2.75. The van der Waals surface area contributed by atoms with Crippen molar-refractivity contribution in [3.8, 4) is 0 Å². The van der Waals surface area contributed by atoms with Gasteiger partial charge in [0.2, 0.25) is 15.9 Å². The van der Waals surface area contributed by atoms with Gasteiger partial charge in [0.15, 0.2) is 0 Å². The van der Waals surface area contributed by atoms with Crippen molar-refractivity contribution in [2.24, 2.45) is 0 Å². The van der Waals surface area contributed by atoms with Crippen LogP contribution in [0.5, 0.6) is 0 Å². The number of aryl methyl sites for hydroxylation is 2. The Bertz CT molecular complexity index is 864. The number of rotatable bonds is 9. The molecule has 0 heterocycles. The highest BCUT2D eigenvalue weighted by Crippen LogP contribution is 2.21. The van der Waals surface area contributed by atoms with Gasteiger partial charge in [-0.25, -0.2) is 8.42 Å². The molecule has 5 nitrogen and oxygen atoms in total. The molecule has 0 aliphatic carbocycles. The molecule has 0 saturated carbocycles. The van der Waals surface area contributed by atoms with E-state index in [9.17, 15) is 13.2 Å². The van der Waals surface area contributed by atoms with Gasteiger partial charge in [-0.15, -0.1) is 0 Å². The third kappa shape index (κ3) is 6.71.